The minimum atomic E-state index is -0.0252. The number of aromatic nitrogens is 2. The molecule has 1 aromatic carbocycles. The zero-order valence-corrected chi connectivity index (χ0v) is 22.2. The maximum Gasteiger partial charge on any atom is 0.231 e. The molecular weight excluding hydrogens is 486 g/mol. The van der Waals surface area contributed by atoms with Gasteiger partial charge in [0.25, 0.3) is 0 Å². The number of nitrogens with zero attached hydrogens (tertiary/aromatic N) is 4. The minimum Gasteiger partial charge on any atom is -0.454 e. The topological polar surface area (TPSA) is 64.0 Å². The molecule has 3 aliphatic heterocycles. The van der Waals surface area contributed by atoms with Crippen LogP contribution in [0.4, 0.5) is 0 Å². The SMILES string of the molecule is Cc1cc(C2C(c3ccccn3)NC(=S)N2CCCN2CCOCC2)c(C)n1-c1ccc2c(c1)OCO2. The van der Waals surface area contributed by atoms with Crippen molar-refractivity contribution in [1.29, 1.82) is 0 Å². The molecule has 3 aromatic rings. The van der Waals surface area contributed by atoms with Gasteiger partial charge in [0.1, 0.15) is 0 Å². The molecule has 2 saturated heterocycles. The number of hydrogen-bond acceptors (Lipinski definition) is 6. The van der Waals surface area contributed by atoms with Crippen LogP contribution < -0.4 is 14.8 Å². The van der Waals surface area contributed by atoms with Crippen LogP contribution in [0.25, 0.3) is 5.69 Å². The van der Waals surface area contributed by atoms with Crippen LogP contribution in [0.2, 0.25) is 0 Å². The van der Waals surface area contributed by atoms with Gasteiger partial charge in [0, 0.05) is 55.5 Å². The van der Waals surface area contributed by atoms with Crippen LogP contribution in [-0.4, -0.2) is 70.6 Å². The summed E-state index contributed by atoms with van der Waals surface area (Å²) in [7, 11) is 0. The summed E-state index contributed by atoms with van der Waals surface area (Å²) in [6.45, 7) is 10.2. The van der Waals surface area contributed by atoms with Crippen molar-refractivity contribution in [2.45, 2.75) is 32.4 Å². The fraction of sp³-hybridized carbons (Fsp3) is 0.429. The number of ether oxygens (including phenoxy) is 3. The van der Waals surface area contributed by atoms with Gasteiger partial charge in [-0.3, -0.25) is 9.88 Å². The molecule has 6 rings (SSSR count). The van der Waals surface area contributed by atoms with E-state index in [1.54, 1.807) is 0 Å². The van der Waals surface area contributed by atoms with Gasteiger partial charge < -0.3 is 29.0 Å². The van der Waals surface area contributed by atoms with E-state index in [1.165, 1.54) is 11.3 Å². The average Bonchev–Trinajstić information content (AvgIpc) is 3.60. The Kier molecular flexibility index (Phi) is 6.75. The molecule has 37 heavy (non-hydrogen) atoms. The Morgan fingerprint density at radius 3 is 2.68 bits per heavy atom. The Morgan fingerprint density at radius 1 is 1.03 bits per heavy atom. The molecule has 1 N–H and O–H groups in total. The standard InChI is InChI=1S/C28H33N5O3S/c1-19-16-22(20(2)33(19)21-7-8-24-25(17-21)36-18-35-24)27-26(23-6-3-4-9-29-23)30-28(37)32(27)11-5-10-31-12-14-34-15-13-31/h3-4,6-9,16-17,26-27H,5,10-15,18H2,1-2H3,(H,30,37). The van der Waals surface area contributed by atoms with E-state index in [4.69, 9.17) is 31.4 Å². The molecule has 8 nitrogen and oxygen atoms in total. The summed E-state index contributed by atoms with van der Waals surface area (Å²) in [5, 5.41) is 4.39. The second kappa shape index (κ2) is 10.3. The quantitative estimate of drug-likeness (QED) is 0.472. The van der Waals surface area contributed by atoms with Crippen molar-refractivity contribution >= 4 is 17.3 Å². The van der Waals surface area contributed by atoms with Crippen LogP contribution in [0.3, 0.4) is 0 Å². The lowest BCUT2D eigenvalue weighted by Gasteiger charge is -2.30. The van der Waals surface area contributed by atoms with E-state index < -0.39 is 0 Å². The maximum absolute atomic E-state index is 5.91. The highest BCUT2D eigenvalue weighted by atomic mass is 32.1. The Morgan fingerprint density at radius 2 is 1.86 bits per heavy atom. The number of hydrogen-bond donors (Lipinski definition) is 1. The fourth-order valence-electron chi connectivity index (χ4n) is 5.78. The summed E-state index contributed by atoms with van der Waals surface area (Å²) in [6, 6.07) is 14.5. The van der Waals surface area contributed by atoms with E-state index in [0.717, 1.165) is 79.5 Å². The fourth-order valence-corrected chi connectivity index (χ4v) is 6.11. The van der Waals surface area contributed by atoms with Gasteiger partial charge in [0.2, 0.25) is 6.79 Å². The third kappa shape index (κ3) is 4.67. The van der Waals surface area contributed by atoms with Gasteiger partial charge in [-0.2, -0.15) is 0 Å². The normalized spacial score (nSPS) is 21.5. The molecule has 0 spiro atoms. The van der Waals surface area contributed by atoms with Gasteiger partial charge in [-0.1, -0.05) is 6.07 Å². The van der Waals surface area contributed by atoms with Crippen LogP contribution in [0.5, 0.6) is 11.5 Å². The summed E-state index contributed by atoms with van der Waals surface area (Å²) in [4.78, 5) is 9.55. The van der Waals surface area contributed by atoms with Gasteiger partial charge in [0.05, 0.1) is 31.0 Å². The van der Waals surface area contributed by atoms with E-state index in [1.807, 2.05) is 24.4 Å². The molecule has 0 amide bonds. The first kappa shape index (κ1) is 24.2. The molecule has 2 aromatic heterocycles. The molecule has 9 heteroatoms. The first-order valence-corrected chi connectivity index (χ1v) is 13.4. The first-order valence-electron chi connectivity index (χ1n) is 13.0. The average molecular weight is 520 g/mol. The molecule has 2 fully saturated rings. The molecule has 194 valence electrons. The first-order chi connectivity index (χ1) is 18.1. The van der Waals surface area contributed by atoms with Crippen LogP contribution in [0.1, 0.15) is 41.1 Å². The van der Waals surface area contributed by atoms with E-state index in [0.29, 0.717) is 0 Å². The Bertz CT molecular complexity index is 1270. The second-order valence-electron chi connectivity index (χ2n) is 9.83. The summed E-state index contributed by atoms with van der Waals surface area (Å²) >= 11 is 5.91. The van der Waals surface area contributed by atoms with Crippen LogP contribution in [-0.2, 0) is 4.74 Å². The van der Waals surface area contributed by atoms with Crippen LogP contribution in [0, 0.1) is 13.8 Å². The lowest BCUT2D eigenvalue weighted by atomic mass is 9.96. The molecule has 2 unspecified atom stereocenters. The predicted molar refractivity (Wildman–Crippen MR) is 145 cm³/mol. The van der Waals surface area contributed by atoms with Crippen molar-refractivity contribution in [2.75, 3.05) is 46.2 Å². The number of aryl methyl sites for hydroxylation is 1. The number of morpholine rings is 1. The van der Waals surface area contributed by atoms with Crippen LogP contribution >= 0.6 is 12.2 Å². The summed E-state index contributed by atoms with van der Waals surface area (Å²) in [6.07, 6.45) is 2.89. The summed E-state index contributed by atoms with van der Waals surface area (Å²) < 4.78 is 19.0. The molecule has 3 aliphatic rings. The minimum absolute atomic E-state index is 0.0252. The highest BCUT2D eigenvalue weighted by Crippen LogP contribution is 2.42. The number of fused-ring (bicyclic) bond motifs is 1. The number of benzene rings is 1. The maximum atomic E-state index is 5.91. The molecule has 0 saturated carbocycles. The third-order valence-electron chi connectivity index (χ3n) is 7.58. The molecular formula is C28H33N5O3S. The van der Waals surface area contributed by atoms with E-state index in [-0.39, 0.29) is 18.9 Å². The highest BCUT2D eigenvalue weighted by molar-refractivity contribution is 7.80. The summed E-state index contributed by atoms with van der Waals surface area (Å²) in [5.74, 6) is 1.57. The Balaban J connectivity index is 1.33. The van der Waals surface area contributed by atoms with Gasteiger partial charge in [0.15, 0.2) is 16.6 Å². The lowest BCUT2D eigenvalue weighted by molar-refractivity contribution is 0.0365. The predicted octanol–water partition coefficient (Wildman–Crippen LogP) is 3.91. The van der Waals surface area contributed by atoms with Gasteiger partial charge in [-0.05, 0) is 68.4 Å². The Hall–Kier alpha value is -3.14. The second-order valence-corrected chi connectivity index (χ2v) is 10.2. The van der Waals surface area contributed by atoms with Crippen LogP contribution in [0.15, 0.2) is 48.7 Å². The number of rotatable bonds is 7. The van der Waals surface area contributed by atoms with Gasteiger partial charge in [-0.15, -0.1) is 0 Å². The molecule has 0 aliphatic carbocycles. The number of pyridine rings is 1. The van der Waals surface area contributed by atoms with Crippen molar-refractivity contribution in [1.82, 2.24) is 24.7 Å². The molecule has 5 heterocycles. The third-order valence-corrected chi connectivity index (χ3v) is 7.93. The van der Waals surface area contributed by atoms with Crippen molar-refractivity contribution in [3.8, 4) is 17.2 Å². The van der Waals surface area contributed by atoms with E-state index in [9.17, 15) is 0 Å². The van der Waals surface area contributed by atoms with Crippen molar-refractivity contribution < 1.29 is 14.2 Å². The zero-order chi connectivity index (χ0) is 25.4. The molecule has 0 bridgehead atoms. The lowest BCUT2D eigenvalue weighted by Crippen LogP contribution is -2.39. The number of thiocarbonyl (C=S) groups is 1. The Labute approximate surface area is 223 Å². The summed E-state index contributed by atoms with van der Waals surface area (Å²) in [5.41, 5.74) is 5.67. The largest absolute Gasteiger partial charge is 0.454 e. The van der Waals surface area contributed by atoms with Crippen molar-refractivity contribution in [2.24, 2.45) is 0 Å². The van der Waals surface area contributed by atoms with E-state index in [2.05, 4.69) is 57.8 Å². The van der Waals surface area contributed by atoms with Gasteiger partial charge >= 0.3 is 0 Å². The smallest absolute Gasteiger partial charge is 0.231 e. The van der Waals surface area contributed by atoms with E-state index >= 15 is 0 Å². The monoisotopic (exact) mass is 519 g/mol. The van der Waals surface area contributed by atoms with Gasteiger partial charge in [-0.25, -0.2) is 0 Å². The number of nitrogens with one attached hydrogen (secondary N) is 1. The molecule has 2 atom stereocenters. The zero-order valence-electron chi connectivity index (χ0n) is 21.4. The molecule has 0 radical (unpaired) electrons. The van der Waals surface area contributed by atoms with Crippen molar-refractivity contribution in [3.63, 3.8) is 0 Å². The highest BCUT2D eigenvalue weighted by Gasteiger charge is 2.41. The van der Waals surface area contributed by atoms with Crippen molar-refractivity contribution in [3.05, 3.63) is 71.3 Å².